The highest BCUT2D eigenvalue weighted by Gasteiger charge is 2.21. The van der Waals surface area contributed by atoms with Crippen molar-refractivity contribution in [2.75, 3.05) is 11.9 Å². The molecule has 6 nitrogen and oxygen atoms in total. The maximum atomic E-state index is 12.3. The monoisotopic (exact) mass is 381 g/mol. The molecule has 0 unspecified atom stereocenters. The second-order valence-electron chi connectivity index (χ2n) is 4.63. The van der Waals surface area contributed by atoms with E-state index in [1.54, 1.807) is 25.1 Å². The van der Waals surface area contributed by atoms with E-state index in [1.807, 2.05) is 6.92 Å². The Hall–Kier alpha value is -2.28. The predicted octanol–water partition coefficient (Wildman–Crippen LogP) is 3.95. The number of aromatic carboxylic acids is 1. The van der Waals surface area contributed by atoms with Crippen LogP contribution in [0.2, 0.25) is 0 Å². The van der Waals surface area contributed by atoms with Crippen molar-refractivity contribution >= 4 is 33.5 Å². The standard InChI is InChI=1S/C16H16BrNO5/c1-3-12-10(16(20)21)8-14(23-12)15(19)18-11-7-9(17)5-6-13(11)22-4-2/h5-8H,3-4H2,1-2H3,(H,18,19)(H,20,21). The molecule has 0 bridgehead atoms. The van der Waals surface area contributed by atoms with Crippen LogP contribution < -0.4 is 10.1 Å². The Morgan fingerprint density at radius 2 is 2.04 bits per heavy atom. The lowest BCUT2D eigenvalue weighted by atomic mass is 10.2. The second-order valence-corrected chi connectivity index (χ2v) is 5.55. The van der Waals surface area contributed by atoms with E-state index >= 15 is 0 Å². The molecule has 2 N–H and O–H groups in total. The smallest absolute Gasteiger partial charge is 0.339 e. The molecule has 0 fully saturated rings. The quantitative estimate of drug-likeness (QED) is 0.790. The number of hydrogen-bond donors (Lipinski definition) is 2. The minimum atomic E-state index is -1.12. The van der Waals surface area contributed by atoms with Crippen molar-refractivity contribution in [2.45, 2.75) is 20.3 Å². The number of carboxylic acid groups (broad SMARTS) is 1. The van der Waals surface area contributed by atoms with E-state index in [0.717, 1.165) is 4.47 Å². The highest BCUT2D eigenvalue weighted by Crippen LogP contribution is 2.29. The number of hydrogen-bond acceptors (Lipinski definition) is 4. The molecule has 0 saturated carbocycles. The van der Waals surface area contributed by atoms with Gasteiger partial charge in [0.15, 0.2) is 5.76 Å². The first-order valence-electron chi connectivity index (χ1n) is 7.06. The van der Waals surface area contributed by atoms with Crippen LogP contribution in [0.5, 0.6) is 5.75 Å². The van der Waals surface area contributed by atoms with Gasteiger partial charge in [-0.1, -0.05) is 22.9 Å². The second kappa shape index (κ2) is 7.32. The lowest BCUT2D eigenvalue weighted by molar-refractivity contribution is 0.0694. The fourth-order valence-corrected chi connectivity index (χ4v) is 2.41. The van der Waals surface area contributed by atoms with E-state index in [-0.39, 0.29) is 17.1 Å². The summed E-state index contributed by atoms with van der Waals surface area (Å²) in [6.07, 6.45) is 0.385. The van der Waals surface area contributed by atoms with Crippen LogP contribution in [0.3, 0.4) is 0 Å². The van der Waals surface area contributed by atoms with E-state index in [2.05, 4.69) is 21.2 Å². The number of halogens is 1. The zero-order chi connectivity index (χ0) is 17.0. The number of nitrogens with one attached hydrogen (secondary N) is 1. The molecule has 0 aliphatic carbocycles. The Morgan fingerprint density at radius 3 is 2.61 bits per heavy atom. The number of rotatable bonds is 6. The van der Waals surface area contributed by atoms with E-state index in [0.29, 0.717) is 24.5 Å². The SMILES string of the molecule is CCOc1ccc(Br)cc1NC(=O)c1cc(C(=O)O)c(CC)o1. The van der Waals surface area contributed by atoms with Crippen molar-refractivity contribution in [1.29, 1.82) is 0 Å². The highest BCUT2D eigenvalue weighted by atomic mass is 79.9. The van der Waals surface area contributed by atoms with Crippen LogP contribution >= 0.6 is 15.9 Å². The van der Waals surface area contributed by atoms with Crippen LogP contribution in [-0.4, -0.2) is 23.6 Å². The van der Waals surface area contributed by atoms with Crippen molar-refractivity contribution in [3.05, 3.63) is 45.8 Å². The number of benzene rings is 1. The lowest BCUT2D eigenvalue weighted by Gasteiger charge is -2.11. The van der Waals surface area contributed by atoms with E-state index in [4.69, 9.17) is 14.3 Å². The van der Waals surface area contributed by atoms with Crippen LogP contribution in [0.25, 0.3) is 0 Å². The zero-order valence-corrected chi connectivity index (χ0v) is 14.3. The summed E-state index contributed by atoms with van der Waals surface area (Å²) in [7, 11) is 0. The van der Waals surface area contributed by atoms with Crippen molar-refractivity contribution in [2.24, 2.45) is 0 Å². The van der Waals surface area contributed by atoms with E-state index in [1.165, 1.54) is 6.07 Å². The summed E-state index contributed by atoms with van der Waals surface area (Å²) in [5, 5.41) is 11.8. The van der Waals surface area contributed by atoms with Crippen LogP contribution in [0.1, 0.15) is 40.5 Å². The van der Waals surface area contributed by atoms with Gasteiger partial charge in [0, 0.05) is 17.0 Å². The van der Waals surface area contributed by atoms with Gasteiger partial charge in [0.05, 0.1) is 12.3 Å². The summed E-state index contributed by atoms with van der Waals surface area (Å²) >= 11 is 3.33. The van der Waals surface area contributed by atoms with Gasteiger partial charge in [-0.25, -0.2) is 4.79 Å². The summed E-state index contributed by atoms with van der Waals surface area (Å²) in [5.74, 6) is -0.929. The largest absolute Gasteiger partial charge is 0.492 e. The average Bonchev–Trinajstić information content (AvgIpc) is 2.95. The first-order chi connectivity index (χ1) is 11.0. The van der Waals surface area contributed by atoms with Crippen molar-refractivity contribution in [3.8, 4) is 5.75 Å². The Balaban J connectivity index is 2.29. The van der Waals surface area contributed by atoms with Gasteiger partial charge in [0.1, 0.15) is 17.1 Å². The summed E-state index contributed by atoms with van der Waals surface area (Å²) in [4.78, 5) is 23.5. The molecule has 23 heavy (non-hydrogen) atoms. The molecule has 0 aliphatic heterocycles. The van der Waals surface area contributed by atoms with Gasteiger partial charge in [-0.2, -0.15) is 0 Å². The molecule has 0 atom stereocenters. The van der Waals surface area contributed by atoms with Crippen molar-refractivity contribution in [1.82, 2.24) is 0 Å². The summed E-state index contributed by atoms with van der Waals surface area (Å²) in [6, 6.07) is 6.45. The molecule has 0 spiro atoms. The van der Waals surface area contributed by atoms with Crippen LogP contribution in [-0.2, 0) is 6.42 Å². The van der Waals surface area contributed by atoms with Crippen molar-refractivity contribution < 1.29 is 23.8 Å². The topological polar surface area (TPSA) is 88.8 Å². The molecule has 2 rings (SSSR count). The first kappa shape index (κ1) is 17.1. The maximum Gasteiger partial charge on any atom is 0.339 e. The van der Waals surface area contributed by atoms with E-state index < -0.39 is 11.9 Å². The number of carbonyl (C=O) groups excluding carboxylic acids is 1. The van der Waals surface area contributed by atoms with Gasteiger partial charge in [0.2, 0.25) is 0 Å². The van der Waals surface area contributed by atoms with Crippen LogP contribution in [0.15, 0.2) is 33.2 Å². The predicted molar refractivity (Wildman–Crippen MR) is 88.3 cm³/mol. The molecule has 0 saturated heterocycles. The fraction of sp³-hybridized carbons (Fsp3) is 0.250. The van der Waals surface area contributed by atoms with Gasteiger partial charge in [-0.05, 0) is 25.1 Å². The molecule has 1 aromatic heterocycles. The molecule has 1 aromatic carbocycles. The normalized spacial score (nSPS) is 10.4. The number of amides is 1. The molecular formula is C16H16BrNO5. The van der Waals surface area contributed by atoms with Crippen LogP contribution in [0, 0.1) is 0 Å². The van der Waals surface area contributed by atoms with Crippen molar-refractivity contribution in [3.63, 3.8) is 0 Å². The van der Waals surface area contributed by atoms with E-state index in [9.17, 15) is 9.59 Å². The molecular weight excluding hydrogens is 366 g/mol. The zero-order valence-electron chi connectivity index (χ0n) is 12.7. The number of ether oxygens (including phenoxy) is 1. The van der Waals surface area contributed by atoms with Gasteiger partial charge in [-0.15, -0.1) is 0 Å². The number of anilines is 1. The molecule has 0 radical (unpaired) electrons. The first-order valence-corrected chi connectivity index (χ1v) is 7.85. The summed E-state index contributed by atoms with van der Waals surface area (Å²) in [6.45, 7) is 4.05. The Morgan fingerprint density at radius 1 is 1.30 bits per heavy atom. The molecule has 1 heterocycles. The summed E-state index contributed by atoms with van der Waals surface area (Å²) in [5.41, 5.74) is 0.467. The minimum absolute atomic E-state index is 0.00285. The minimum Gasteiger partial charge on any atom is -0.492 e. The van der Waals surface area contributed by atoms with Gasteiger partial charge in [0.25, 0.3) is 5.91 Å². The lowest BCUT2D eigenvalue weighted by Crippen LogP contribution is -2.12. The van der Waals surface area contributed by atoms with Gasteiger partial charge < -0.3 is 19.6 Å². The molecule has 1 amide bonds. The summed E-state index contributed by atoms with van der Waals surface area (Å²) < 4.78 is 11.6. The third-order valence-electron chi connectivity index (χ3n) is 3.07. The maximum absolute atomic E-state index is 12.3. The molecule has 0 aliphatic rings. The Bertz CT molecular complexity index is 738. The highest BCUT2D eigenvalue weighted by molar-refractivity contribution is 9.10. The average molecular weight is 382 g/mol. The molecule has 122 valence electrons. The number of furan rings is 1. The molecule has 2 aromatic rings. The van der Waals surface area contributed by atoms with Crippen LogP contribution in [0.4, 0.5) is 5.69 Å². The number of carbonyl (C=O) groups is 2. The fourth-order valence-electron chi connectivity index (χ4n) is 2.05. The Labute approximate surface area is 141 Å². The third-order valence-corrected chi connectivity index (χ3v) is 3.57. The van der Waals surface area contributed by atoms with Gasteiger partial charge in [-0.3, -0.25) is 4.79 Å². The Kier molecular flexibility index (Phi) is 5.44. The number of aryl methyl sites for hydroxylation is 1. The number of carboxylic acids is 1. The third kappa shape index (κ3) is 3.92. The molecule has 7 heteroatoms. The van der Waals surface area contributed by atoms with Gasteiger partial charge >= 0.3 is 5.97 Å².